The molecule has 0 aliphatic carbocycles. The molecular formula is C12H15BrFN. The molecule has 1 nitrogen and oxygen atoms in total. The molecule has 0 bridgehead atoms. The normalized spacial score (nSPS) is 22.2. The van der Waals surface area contributed by atoms with Gasteiger partial charge in [-0.1, -0.05) is 33.6 Å². The van der Waals surface area contributed by atoms with E-state index in [4.69, 9.17) is 0 Å². The third kappa shape index (κ3) is 2.79. The maximum absolute atomic E-state index is 13.0. The Kier molecular flexibility index (Phi) is 3.42. The minimum atomic E-state index is -0.631. The lowest BCUT2D eigenvalue weighted by Gasteiger charge is -2.16. The van der Waals surface area contributed by atoms with Crippen LogP contribution in [0.5, 0.6) is 0 Å². The van der Waals surface area contributed by atoms with E-state index in [1.54, 1.807) is 0 Å². The summed E-state index contributed by atoms with van der Waals surface area (Å²) in [5, 5.41) is 0. The number of hydrogen-bond donors (Lipinski definition) is 0. The third-order valence-electron chi connectivity index (χ3n) is 2.81. The Balaban J connectivity index is 2.07. The van der Waals surface area contributed by atoms with E-state index >= 15 is 0 Å². The molecule has 0 amide bonds. The largest absolute Gasteiger partial charge is 0.296 e. The van der Waals surface area contributed by atoms with Crippen molar-refractivity contribution in [1.29, 1.82) is 0 Å². The topological polar surface area (TPSA) is 3.24 Å². The van der Waals surface area contributed by atoms with Gasteiger partial charge in [-0.25, -0.2) is 4.39 Å². The Morgan fingerprint density at radius 3 is 3.00 bits per heavy atom. The summed E-state index contributed by atoms with van der Waals surface area (Å²) < 4.78 is 14.1. The van der Waals surface area contributed by atoms with E-state index in [0.717, 1.165) is 17.6 Å². The Morgan fingerprint density at radius 2 is 2.33 bits per heavy atom. The van der Waals surface area contributed by atoms with Gasteiger partial charge in [-0.15, -0.1) is 0 Å². The molecule has 1 atom stereocenters. The fraction of sp³-hybridized carbons (Fsp3) is 0.500. The van der Waals surface area contributed by atoms with Gasteiger partial charge in [0, 0.05) is 24.1 Å². The molecule has 1 heterocycles. The highest BCUT2D eigenvalue weighted by atomic mass is 79.9. The van der Waals surface area contributed by atoms with Crippen molar-refractivity contribution in [2.45, 2.75) is 26.1 Å². The molecule has 15 heavy (non-hydrogen) atoms. The summed E-state index contributed by atoms with van der Waals surface area (Å²) in [7, 11) is 0. The maximum Gasteiger partial charge on any atom is 0.114 e. The average molecular weight is 272 g/mol. The molecule has 0 saturated carbocycles. The first kappa shape index (κ1) is 11.1. The van der Waals surface area contributed by atoms with Crippen LogP contribution in [-0.2, 0) is 6.54 Å². The van der Waals surface area contributed by atoms with Gasteiger partial charge < -0.3 is 0 Å². The smallest absolute Gasteiger partial charge is 0.114 e. The molecule has 1 saturated heterocycles. The van der Waals surface area contributed by atoms with E-state index in [0.29, 0.717) is 13.0 Å². The van der Waals surface area contributed by atoms with Gasteiger partial charge >= 0.3 is 0 Å². The number of likely N-dealkylation sites (tertiary alicyclic amines) is 1. The van der Waals surface area contributed by atoms with Crippen LogP contribution in [0.2, 0.25) is 0 Å². The summed E-state index contributed by atoms with van der Waals surface area (Å²) in [6.07, 6.45) is 0.0530. The van der Waals surface area contributed by atoms with Gasteiger partial charge in [0.05, 0.1) is 0 Å². The lowest BCUT2D eigenvalue weighted by atomic mass is 10.1. The highest BCUT2D eigenvalue weighted by molar-refractivity contribution is 9.10. The predicted molar refractivity (Wildman–Crippen MR) is 63.7 cm³/mol. The SMILES string of the molecule is Cc1ccc(Br)c(CN2CC[C@H](F)C2)c1. The molecule has 1 fully saturated rings. The van der Waals surface area contributed by atoms with Crippen molar-refractivity contribution in [2.75, 3.05) is 13.1 Å². The molecule has 0 radical (unpaired) electrons. The van der Waals surface area contributed by atoms with Crippen LogP contribution in [0.4, 0.5) is 4.39 Å². The Hall–Kier alpha value is -0.410. The zero-order chi connectivity index (χ0) is 10.8. The Bertz CT molecular complexity index is 353. The molecular weight excluding hydrogens is 257 g/mol. The summed E-state index contributed by atoms with van der Waals surface area (Å²) in [6.45, 7) is 4.39. The average Bonchev–Trinajstić information content (AvgIpc) is 2.58. The molecule has 1 aliphatic heterocycles. The summed E-state index contributed by atoms with van der Waals surface area (Å²) >= 11 is 3.53. The first-order chi connectivity index (χ1) is 7.15. The Morgan fingerprint density at radius 1 is 1.53 bits per heavy atom. The fourth-order valence-corrected chi connectivity index (χ4v) is 2.37. The van der Waals surface area contributed by atoms with Gasteiger partial charge in [-0.2, -0.15) is 0 Å². The molecule has 3 heteroatoms. The molecule has 1 aromatic rings. The van der Waals surface area contributed by atoms with Crippen LogP contribution >= 0.6 is 15.9 Å². The third-order valence-corrected chi connectivity index (χ3v) is 3.58. The number of benzene rings is 1. The first-order valence-electron chi connectivity index (χ1n) is 5.26. The van der Waals surface area contributed by atoms with E-state index in [2.05, 4.69) is 46.0 Å². The van der Waals surface area contributed by atoms with Crippen LogP contribution in [0.3, 0.4) is 0 Å². The number of hydrogen-bond acceptors (Lipinski definition) is 1. The van der Waals surface area contributed by atoms with Crippen molar-refractivity contribution in [2.24, 2.45) is 0 Å². The van der Waals surface area contributed by atoms with E-state index in [9.17, 15) is 4.39 Å². The maximum atomic E-state index is 13.0. The van der Waals surface area contributed by atoms with Crippen molar-refractivity contribution < 1.29 is 4.39 Å². The van der Waals surface area contributed by atoms with E-state index < -0.39 is 6.17 Å². The summed E-state index contributed by atoms with van der Waals surface area (Å²) in [6, 6.07) is 6.30. The minimum absolute atomic E-state index is 0.584. The monoisotopic (exact) mass is 271 g/mol. The van der Waals surface area contributed by atoms with Gasteiger partial charge in [0.2, 0.25) is 0 Å². The Labute approximate surface area is 98.4 Å². The zero-order valence-corrected chi connectivity index (χ0v) is 10.4. The molecule has 0 aromatic heterocycles. The molecule has 1 aromatic carbocycles. The van der Waals surface area contributed by atoms with Crippen LogP contribution in [-0.4, -0.2) is 24.2 Å². The standard InChI is InChI=1S/C12H15BrFN/c1-9-2-3-12(13)10(6-9)7-15-5-4-11(14)8-15/h2-3,6,11H,4-5,7-8H2,1H3/t11-/m0/s1. The van der Waals surface area contributed by atoms with Gasteiger partial charge in [-0.3, -0.25) is 4.90 Å². The number of alkyl halides is 1. The molecule has 0 unspecified atom stereocenters. The van der Waals surface area contributed by atoms with Crippen LogP contribution in [0.15, 0.2) is 22.7 Å². The quantitative estimate of drug-likeness (QED) is 0.798. The van der Waals surface area contributed by atoms with Gasteiger partial charge in [-0.05, 0) is 25.0 Å². The van der Waals surface area contributed by atoms with E-state index in [1.807, 2.05) is 0 Å². The van der Waals surface area contributed by atoms with Crippen LogP contribution in [0.1, 0.15) is 17.5 Å². The highest BCUT2D eigenvalue weighted by Gasteiger charge is 2.21. The molecule has 0 N–H and O–H groups in total. The number of rotatable bonds is 2. The number of aryl methyl sites for hydroxylation is 1. The lowest BCUT2D eigenvalue weighted by molar-refractivity contribution is 0.282. The zero-order valence-electron chi connectivity index (χ0n) is 8.84. The van der Waals surface area contributed by atoms with Crippen molar-refractivity contribution in [1.82, 2.24) is 4.90 Å². The van der Waals surface area contributed by atoms with Crippen LogP contribution in [0, 0.1) is 6.92 Å². The first-order valence-corrected chi connectivity index (χ1v) is 6.06. The number of halogens is 2. The van der Waals surface area contributed by atoms with E-state index in [-0.39, 0.29) is 0 Å². The summed E-state index contributed by atoms with van der Waals surface area (Å²) in [5.74, 6) is 0. The second-order valence-corrected chi connectivity index (χ2v) is 5.07. The van der Waals surface area contributed by atoms with E-state index in [1.165, 1.54) is 11.1 Å². The fourth-order valence-electron chi connectivity index (χ4n) is 1.99. The summed E-state index contributed by atoms with van der Waals surface area (Å²) in [5.41, 5.74) is 2.51. The van der Waals surface area contributed by atoms with Gasteiger partial charge in [0.25, 0.3) is 0 Å². The molecule has 82 valence electrons. The van der Waals surface area contributed by atoms with Crippen molar-refractivity contribution in [3.05, 3.63) is 33.8 Å². The van der Waals surface area contributed by atoms with Gasteiger partial charge in [0.15, 0.2) is 0 Å². The minimum Gasteiger partial charge on any atom is -0.296 e. The van der Waals surface area contributed by atoms with Crippen molar-refractivity contribution >= 4 is 15.9 Å². The van der Waals surface area contributed by atoms with Crippen molar-refractivity contribution in [3.63, 3.8) is 0 Å². The second kappa shape index (κ2) is 4.62. The predicted octanol–water partition coefficient (Wildman–Crippen LogP) is 3.30. The van der Waals surface area contributed by atoms with Crippen molar-refractivity contribution in [3.8, 4) is 0 Å². The molecule has 2 rings (SSSR count). The molecule has 1 aliphatic rings. The second-order valence-electron chi connectivity index (χ2n) is 4.22. The lowest BCUT2D eigenvalue weighted by Crippen LogP contribution is -2.20. The van der Waals surface area contributed by atoms with Gasteiger partial charge in [0.1, 0.15) is 6.17 Å². The van der Waals surface area contributed by atoms with Crippen LogP contribution < -0.4 is 0 Å². The summed E-state index contributed by atoms with van der Waals surface area (Å²) in [4.78, 5) is 2.17. The highest BCUT2D eigenvalue weighted by Crippen LogP contribution is 2.22. The number of nitrogens with zero attached hydrogens (tertiary/aromatic N) is 1. The van der Waals surface area contributed by atoms with Crippen LogP contribution in [0.25, 0.3) is 0 Å². The molecule has 0 spiro atoms.